The molecule has 6 nitrogen and oxygen atoms in total. The van der Waals surface area contributed by atoms with Crippen LogP contribution in [0.15, 0.2) is 12.1 Å². The maximum atomic E-state index is 11.6. The highest BCUT2D eigenvalue weighted by molar-refractivity contribution is 7.91. The van der Waals surface area contributed by atoms with E-state index in [0.717, 1.165) is 11.5 Å². The fraction of sp³-hybridized carbons (Fsp3) is 0.545. The molecule has 2 aliphatic rings. The van der Waals surface area contributed by atoms with Gasteiger partial charge in [0, 0.05) is 19.2 Å². The third kappa shape index (κ3) is 1.88. The van der Waals surface area contributed by atoms with Gasteiger partial charge >= 0.3 is 0 Å². The Labute approximate surface area is 106 Å². The maximum Gasteiger partial charge on any atom is 0.215 e. The molecule has 0 saturated carbocycles. The van der Waals surface area contributed by atoms with E-state index in [0.29, 0.717) is 19.0 Å². The van der Waals surface area contributed by atoms with E-state index in [1.54, 1.807) is 13.2 Å². The van der Waals surface area contributed by atoms with Gasteiger partial charge in [-0.05, 0) is 6.07 Å². The zero-order valence-electron chi connectivity index (χ0n) is 10.1. The minimum absolute atomic E-state index is 0.0316. The lowest BCUT2D eigenvalue weighted by molar-refractivity contribution is 0.397. The molecular weight excluding hydrogens is 254 g/mol. The number of ether oxygens (including phenoxy) is 1. The molecule has 0 aliphatic carbocycles. The molecule has 1 fully saturated rings. The number of rotatable bonds is 1. The van der Waals surface area contributed by atoms with Gasteiger partial charge in [0.2, 0.25) is 5.88 Å². The third-order valence-corrected chi connectivity index (χ3v) is 5.09. The van der Waals surface area contributed by atoms with Crippen molar-refractivity contribution in [2.45, 2.75) is 6.04 Å². The molecule has 1 atom stereocenters. The van der Waals surface area contributed by atoms with E-state index in [-0.39, 0.29) is 17.5 Å². The number of pyridine rings is 1. The standard InChI is InChI=1S/C11H15N3O3S/c1-17-10-3-2-9-11(13-10)14-4-5-18(15,16)7-8(14)6-12-9/h2-3,8,12H,4-7H2,1H3. The summed E-state index contributed by atoms with van der Waals surface area (Å²) in [5.41, 5.74) is 0.936. The predicted molar refractivity (Wildman–Crippen MR) is 69.1 cm³/mol. The normalized spacial score (nSPS) is 24.7. The van der Waals surface area contributed by atoms with Crippen molar-refractivity contribution in [1.82, 2.24) is 4.98 Å². The summed E-state index contributed by atoms with van der Waals surface area (Å²) >= 11 is 0. The second-order valence-corrected chi connectivity index (χ2v) is 6.80. The average Bonchev–Trinajstić information content (AvgIpc) is 2.36. The predicted octanol–water partition coefficient (Wildman–Crippen LogP) is 0.119. The Balaban J connectivity index is 1.98. The van der Waals surface area contributed by atoms with Crippen LogP contribution in [0.1, 0.15) is 0 Å². The third-order valence-electron chi connectivity index (χ3n) is 3.39. The van der Waals surface area contributed by atoms with E-state index in [9.17, 15) is 8.42 Å². The summed E-state index contributed by atoms with van der Waals surface area (Å²) in [4.78, 5) is 6.48. The highest BCUT2D eigenvalue weighted by Crippen LogP contribution is 2.33. The topological polar surface area (TPSA) is 71.5 Å². The summed E-state index contributed by atoms with van der Waals surface area (Å²) in [6.07, 6.45) is 0. The Kier molecular flexibility index (Phi) is 2.58. The van der Waals surface area contributed by atoms with Crippen molar-refractivity contribution in [2.75, 3.05) is 41.9 Å². The molecule has 0 spiro atoms. The number of nitrogens with one attached hydrogen (secondary N) is 1. The molecule has 0 bridgehead atoms. The minimum Gasteiger partial charge on any atom is -0.481 e. The molecule has 1 N–H and O–H groups in total. The van der Waals surface area contributed by atoms with Crippen LogP contribution in [-0.4, -0.2) is 51.1 Å². The number of hydrogen-bond donors (Lipinski definition) is 1. The van der Waals surface area contributed by atoms with Crippen LogP contribution in [0.25, 0.3) is 0 Å². The van der Waals surface area contributed by atoms with Gasteiger partial charge in [0.25, 0.3) is 0 Å². The van der Waals surface area contributed by atoms with Crippen molar-refractivity contribution in [3.8, 4) is 5.88 Å². The Hall–Kier alpha value is -1.50. The lowest BCUT2D eigenvalue weighted by Crippen LogP contribution is -2.54. The highest BCUT2D eigenvalue weighted by atomic mass is 32.2. The van der Waals surface area contributed by atoms with Crippen LogP contribution in [0.5, 0.6) is 5.88 Å². The first-order chi connectivity index (χ1) is 8.59. The number of hydrogen-bond acceptors (Lipinski definition) is 6. The van der Waals surface area contributed by atoms with Gasteiger partial charge in [-0.15, -0.1) is 0 Å². The zero-order valence-corrected chi connectivity index (χ0v) is 10.9. The van der Waals surface area contributed by atoms with Crippen molar-refractivity contribution in [1.29, 1.82) is 0 Å². The van der Waals surface area contributed by atoms with Gasteiger partial charge in [0.05, 0.1) is 30.3 Å². The van der Waals surface area contributed by atoms with Gasteiger partial charge in [0.15, 0.2) is 15.7 Å². The molecule has 3 heterocycles. The average molecular weight is 269 g/mol. The first-order valence-electron chi connectivity index (χ1n) is 5.85. The monoisotopic (exact) mass is 269 g/mol. The van der Waals surface area contributed by atoms with Crippen molar-refractivity contribution in [3.63, 3.8) is 0 Å². The molecule has 18 heavy (non-hydrogen) atoms. The summed E-state index contributed by atoms with van der Waals surface area (Å²) < 4.78 is 28.4. The number of sulfone groups is 1. The molecule has 1 saturated heterocycles. The Morgan fingerprint density at radius 2 is 2.33 bits per heavy atom. The van der Waals surface area contributed by atoms with Crippen LogP contribution in [0.2, 0.25) is 0 Å². The summed E-state index contributed by atoms with van der Waals surface area (Å²) in [5, 5.41) is 3.23. The Morgan fingerprint density at radius 1 is 1.50 bits per heavy atom. The molecule has 7 heteroatoms. The summed E-state index contributed by atoms with van der Waals surface area (Å²) in [5.74, 6) is 1.73. The number of anilines is 2. The Bertz CT molecular complexity index is 573. The van der Waals surface area contributed by atoms with Crippen LogP contribution in [0.3, 0.4) is 0 Å². The molecule has 1 unspecified atom stereocenters. The SMILES string of the molecule is COc1ccc2c(n1)N1CCS(=O)(=O)CC1CN2. The fourth-order valence-electron chi connectivity index (χ4n) is 2.46. The summed E-state index contributed by atoms with van der Waals surface area (Å²) in [6.45, 7) is 1.14. The van der Waals surface area contributed by atoms with E-state index in [4.69, 9.17) is 4.74 Å². The van der Waals surface area contributed by atoms with Crippen molar-refractivity contribution >= 4 is 21.3 Å². The fourth-order valence-corrected chi connectivity index (χ4v) is 3.99. The second kappa shape index (κ2) is 4.01. The van der Waals surface area contributed by atoms with Crippen LogP contribution < -0.4 is 15.0 Å². The van der Waals surface area contributed by atoms with Crippen molar-refractivity contribution in [3.05, 3.63) is 12.1 Å². The van der Waals surface area contributed by atoms with E-state index in [1.807, 2.05) is 6.07 Å². The molecule has 0 radical (unpaired) electrons. The van der Waals surface area contributed by atoms with Gasteiger partial charge in [-0.3, -0.25) is 0 Å². The minimum atomic E-state index is -2.91. The van der Waals surface area contributed by atoms with Gasteiger partial charge in [-0.2, -0.15) is 4.98 Å². The van der Waals surface area contributed by atoms with E-state index < -0.39 is 9.84 Å². The summed E-state index contributed by atoms with van der Waals surface area (Å²) in [7, 11) is -1.34. The molecule has 3 rings (SSSR count). The van der Waals surface area contributed by atoms with Crippen LogP contribution >= 0.6 is 0 Å². The molecule has 2 aliphatic heterocycles. The van der Waals surface area contributed by atoms with Gasteiger partial charge in [0.1, 0.15) is 0 Å². The van der Waals surface area contributed by atoms with Crippen LogP contribution in [0, 0.1) is 0 Å². The Morgan fingerprint density at radius 3 is 3.11 bits per heavy atom. The highest BCUT2D eigenvalue weighted by Gasteiger charge is 2.35. The lowest BCUT2D eigenvalue weighted by atomic mass is 10.2. The van der Waals surface area contributed by atoms with Gasteiger partial charge in [-0.25, -0.2) is 8.42 Å². The molecule has 0 amide bonds. The lowest BCUT2D eigenvalue weighted by Gasteiger charge is -2.41. The van der Waals surface area contributed by atoms with Gasteiger partial charge in [-0.1, -0.05) is 0 Å². The van der Waals surface area contributed by atoms with E-state index in [2.05, 4.69) is 15.2 Å². The largest absolute Gasteiger partial charge is 0.481 e. The second-order valence-electron chi connectivity index (χ2n) is 4.57. The molecule has 98 valence electrons. The first kappa shape index (κ1) is 11.6. The van der Waals surface area contributed by atoms with E-state index in [1.165, 1.54) is 0 Å². The molecule has 1 aromatic rings. The zero-order chi connectivity index (χ0) is 12.8. The number of nitrogens with zero attached hydrogens (tertiary/aromatic N) is 2. The smallest absolute Gasteiger partial charge is 0.215 e. The molecule has 1 aromatic heterocycles. The maximum absolute atomic E-state index is 11.6. The number of aromatic nitrogens is 1. The quantitative estimate of drug-likeness (QED) is 0.781. The molecule has 0 aromatic carbocycles. The number of methoxy groups -OCH3 is 1. The van der Waals surface area contributed by atoms with Gasteiger partial charge < -0.3 is 15.0 Å². The first-order valence-corrected chi connectivity index (χ1v) is 7.67. The van der Waals surface area contributed by atoms with Crippen LogP contribution in [0.4, 0.5) is 11.5 Å². The molecular formula is C11H15N3O3S. The van der Waals surface area contributed by atoms with Crippen molar-refractivity contribution in [2.24, 2.45) is 0 Å². The summed E-state index contributed by atoms with van der Waals surface area (Å²) in [6, 6.07) is 3.68. The van der Waals surface area contributed by atoms with Crippen molar-refractivity contribution < 1.29 is 13.2 Å². The number of fused-ring (bicyclic) bond motifs is 3. The van der Waals surface area contributed by atoms with E-state index >= 15 is 0 Å². The van der Waals surface area contributed by atoms with Crippen LogP contribution in [-0.2, 0) is 9.84 Å².